The number of amides is 2. The van der Waals surface area contributed by atoms with E-state index in [1.165, 1.54) is 6.20 Å². The Morgan fingerprint density at radius 3 is 2.81 bits per heavy atom. The van der Waals surface area contributed by atoms with Crippen molar-refractivity contribution in [2.45, 2.75) is 12.5 Å². The number of benzene rings is 1. The zero-order chi connectivity index (χ0) is 19.0. The highest BCUT2D eigenvalue weighted by molar-refractivity contribution is 6.50. The van der Waals surface area contributed by atoms with Crippen molar-refractivity contribution in [3.8, 4) is 0 Å². The van der Waals surface area contributed by atoms with Crippen molar-refractivity contribution in [3.63, 3.8) is 0 Å². The molecule has 1 aliphatic rings. The summed E-state index contributed by atoms with van der Waals surface area (Å²) in [6, 6.07) is 9.07. The van der Waals surface area contributed by atoms with Gasteiger partial charge in [0.15, 0.2) is 0 Å². The fraction of sp³-hybridized carbons (Fsp3) is 0.167. The summed E-state index contributed by atoms with van der Waals surface area (Å²) < 4.78 is 0. The molecule has 1 unspecified atom stereocenters. The summed E-state index contributed by atoms with van der Waals surface area (Å²) in [4.78, 5) is 41.1. The van der Waals surface area contributed by atoms with Crippen LogP contribution in [0, 0.1) is 6.92 Å². The minimum atomic E-state index is -1.64. The summed E-state index contributed by atoms with van der Waals surface area (Å²) >= 11 is 0. The van der Waals surface area contributed by atoms with Crippen LogP contribution in [0.4, 0.5) is 5.69 Å². The molecule has 2 aromatic heterocycles. The topological polar surface area (TPSA) is 138 Å². The van der Waals surface area contributed by atoms with Crippen molar-refractivity contribution in [1.29, 1.82) is 0 Å². The normalized spacial score (nSPS) is 19.1. The first kappa shape index (κ1) is 16.9. The molecule has 0 saturated heterocycles. The van der Waals surface area contributed by atoms with Crippen LogP contribution in [-0.4, -0.2) is 39.1 Å². The lowest BCUT2D eigenvalue weighted by atomic mass is 9.91. The maximum atomic E-state index is 12.9. The third-order valence-corrected chi connectivity index (χ3v) is 4.55. The van der Waals surface area contributed by atoms with E-state index in [1.807, 2.05) is 25.1 Å². The Morgan fingerprint density at radius 1 is 1.26 bits per heavy atom. The second-order valence-electron chi connectivity index (χ2n) is 6.20. The van der Waals surface area contributed by atoms with Gasteiger partial charge in [0, 0.05) is 6.20 Å². The second kappa shape index (κ2) is 6.29. The highest BCUT2D eigenvalue weighted by atomic mass is 16.2. The molecule has 0 radical (unpaired) electrons. The van der Waals surface area contributed by atoms with Gasteiger partial charge in [0.25, 0.3) is 11.8 Å². The monoisotopic (exact) mass is 363 g/mol. The molecule has 0 fully saturated rings. The molecule has 1 aliphatic heterocycles. The van der Waals surface area contributed by atoms with E-state index >= 15 is 0 Å². The van der Waals surface area contributed by atoms with Crippen LogP contribution in [0.15, 0.2) is 47.7 Å². The summed E-state index contributed by atoms with van der Waals surface area (Å²) in [5.74, 6) is -1.09. The number of nitrogens with zero attached hydrogens (tertiary/aromatic N) is 3. The highest BCUT2D eigenvalue weighted by Crippen LogP contribution is 2.27. The number of H-pyrrole nitrogens is 1. The maximum Gasteiger partial charge on any atom is 0.272 e. The molecular formula is C18H17N7O2. The van der Waals surface area contributed by atoms with Gasteiger partial charge < -0.3 is 16.0 Å². The standard InChI is InChI=1S/C18H17N7O2/c1-10-6-7-20-8-13(10)23-15(26)14-18(16(19)27,22-9-21-14)17-24-11-4-2-3-5-12(11)25-17/h2-8,22H,9H2,1H3,(H2,19,27)(H,23,26)(H,24,25). The predicted octanol–water partition coefficient (Wildman–Crippen LogP) is 0.587. The van der Waals surface area contributed by atoms with Crippen molar-refractivity contribution in [2.75, 3.05) is 12.0 Å². The molecular weight excluding hydrogens is 346 g/mol. The number of nitrogens with two attached hydrogens (primary N) is 1. The lowest BCUT2D eigenvalue weighted by molar-refractivity contribution is -0.123. The van der Waals surface area contributed by atoms with E-state index in [9.17, 15) is 9.59 Å². The lowest BCUT2D eigenvalue weighted by Gasteiger charge is -2.25. The van der Waals surface area contributed by atoms with Crippen molar-refractivity contribution < 1.29 is 9.59 Å². The molecule has 4 rings (SSSR count). The number of fused-ring (bicyclic) bond motifs is 1. The van der Waals surface area contributed by atoms with Gasteiger partial charge in [-0.25, -0.2) is 4.98 Å². The van der Waals surface area contributed by atoms with Crippen LogP contribution in [0.25, 0.3) is 11.0 Å². The van der Waals surface area contributed by atoms with Gasteiger partial charge in [-0.1, -0.05) is 12.1 Å². The molecule has 1 aromatic carbocycles. The molecule has 2 amide bonds. The van der Waals surface area contributed by atoms with Gasteiger partial charge in [-0.05, 0) is 30.7 Å². The molecule has 0 saturated carbocycles. The molecule has 0 bridgehead atoms. The van der Waals surface area contributed by atoms with Gasteiger partial charge in [-0.15, -0.1) is 0 Å². The van der Waals surface area contributed by atoms with E-state index in [1.54, 1.807) is 18.3 Å². The molecule has 27 heavy (non-hydrogen) atoms. The van der Waals surface area contributed by atoms with Gasteiger partial charge in [0.05, 0.1) is 29.6 Å². The maximum absolute atomic E-state index is 12.9. The summed E-state index contributed by atoms with van der Waals surface area (Å²) in [5.41, 5.74) is 6.76. The number of nitrogens with one attached hydrogen (secondary N) is 3. The number of aromatic amines is 1. The van der Waals surface area contributed by atoms with E-state index in [4.69, 9.17) is 5.73 Å². The SMILES string of the molecule is Cc1ccncc1NC(=O)C1=NCNC1(C(N)=O)c1nc2ccccc2[nH]1. The van der Waals surface area contributed by atoms with Crippen LogP contribution in [0.1, 0.15) is 11.4 Å². The summed E-state index contributed by atoms with van der Waals surface area (Å²) in [6.07, 6.45) is 3.16. The Labute approximate surface area is 154 Å². The van der Waals surface area contributed by atoms with Crippen LogP contribution < -0.4 is 16.4 Å². The average Bonchev–Trinajstić information content (AvgIpc) is 3.28. The molecule has 5 N–H and O–H groups in total. The first-order chi connectivity index (χ1) is 13.0. The number of hydrogen-bond acceptors (Lipinski definition) is 6. The zero-order valence-corrected chi connectivity index (χ0v) is 14.5. The number of hydrogen-bond donors (Lipinski definition) is 4. The highest BCUT2D eigenvalue weighted by Gasteiger charge is 2.52. The van der Waals surface area contributed by atoms with Gasteiger partial charge in [0.2, 0.25) is 5.54 Å². The Kier molecular flexibility index (Phi) is 3.93. The Bertz CT molecular complexity index is 1060. The van der Waals surface area contributed by atoms with E-state index in [-0.39, 0.29) is 18.2 Å². The number of primary amides is 1. The number of anilines is 1. The quantitative estimate of drug-likeness (QED) is 0.537. The Hall–Kier alpha value is -3.59. The molecule has 0 aliphatic carbocycles. The molecule has 3 heterocycles. The number of aliphatic imine (C=N–C) groups is 1. The van der Waals surface area contributed by atoms with Crippen molar-refractivity contribution in [1.82, 2.24) is 20.3 Å². The van der Waals surface area contributed by atoms with Crippen LogP contribution >= 0.6 is 0 Å². The number of carbonyl (C=O) groups excluding carboxylic acids is 2. The van der Waals surface area contributed by atoms with Crippen LogP contribution in [-0.2, 0) is 15.1 Å². The second-order valence-corrected chi connectivity index (χ2v) is 6.20. The first-order valence-electron chi connectivity index (χ1n) is 8.29. The van der Waals surface area contributed by atoms with Crippen molar-refractivity contribution >= 4 is 34.2 Å². The molecule has 0 spiro atoms. The third kappa shape index (κ3) is 2.64. The van der Waals surface area contributed by atoms with Gasteiger partial charge in [-0.3, -0.25) is 24.9 Å². The molecule has 136 valence electrons. The van der Waals surface area contributed by atoms with Gasteiger partial charge in [0.1, 0.15) is 11.5 Å². The minimum Gasteiger partial charge on any atom is -0.367 e. The predicted molar refractivity (Wildman–Crippen MR) is 100 cm³/mol. The largest absolute Gasteiger partial charge is 0.367 e. The number of imidazole rings is 1. The van der Waals surface area contributed by atoms with Crippen molar-refractivity contribution in [3.05, 3.63) is 54.1 Å². The van der Waals surface area contributed by atoms with Crippen LogP contribution in [0.3, 0.4) is 0 Å². The van der Waals surface area contributed by atoms with E-state index in [0.717, 1.165) is 11.1 Å². The Morgan fingerprint density at radius 2 is 2.07 bits per heavy atom. The third-order valence-electron chi connectivity index (χ3n) is 4.55. The summed E-state index contributed by atoms with van der Waals surface area (Å²) in [6.45, 7) is 1.90. The number of aromatic nitrogens is 3. The average molecular weight is 363 g/mol. The summed E-state index contributed by atoms with van der Waals surface area (Å²) in [5, 5.41) is 5.67. The molecule has 3 aromatic rings. The van der Waals surface area contributed by atoms with Gasteiger partial charge in [-0.2, -0.15) is 0 Å². The van der Waals surface area contributed by atoms with Crippen molar-refractivity contribution in [2.24, 2.45) is 10.7 Å². The number of para-hydroxylation sites is 2. The molecule has 1 atom stereocenters. The van der Waals surface area contributed by atoms with E-state index < -0.39 is 17.4 Å². The smallest absolute Gasteiger partial charge is 0.272 e. The molecule has 9 nitrogen and oxygen atoms in total. The number of rotatable bonds is 4. The van der Waals surface area contributed by atoms with Gasteiger partial charge >= 0.3 is 0 Å². The fourth-order valence-corrected chi connectivity index (χ4v) is 3.10. The minimum absolute atomic E-state index is 0.0442. The van der Waals surface area contributed by atoms with Crippen LogP contribution in [0.2, 0.25) is 0 Å². The Balaban J connectivity index is 1.76. The first-order valence-corrected chi connectivity index (χ1v) is 8.29. The number of carbonyl (C=O) groups is 2. The fourth-order valence-electron chi connectivity index (χ4n) is 3.10. The number of aryl methyl sites for hydroxylation is 1. The van der Waals surface area contributed by atoms with Crippen LogP contribution in [0.5, 0.6) is 0 Å². The van der Waals surface area contributed by atoms with E-state index in [0.29, 0.717) is 11.2 Å². The summed E-state index contributed by atoms with van der Waals surface area (Å²) in [7, 11) is 0. The number of pyridine rings is 1. The molecule has 9 heteroatoms. The lowest BCUT2D eigenvalue weighted by Crippen LogP contribution is -2.58. The van der Waals surface area contributed by atoms with E-state index in [2.05, 4.69) is 30.6 Å². The zero-order valence-electron chi connectivity index (χ0n) is 14.5.